The zero-order chi connectivity index (χ0) is 14.7. The van der Waals surface area contributed by atoms with Crippen LogP contribution in [0.25, 0.3) is 0 Å². The summed E-state index contributed by atoms with van der Waals surface area (Å²) in [7, 11) is 1.62. The summed E-state index contributed by atoms with van der Waals surface area (Å²) in [5.41, 5.74) is 1.68. The standard InChI is InChI=1S/C16H24N2O2.ClH/c1-10-5-6-13(9-14(10)20-4)16(19)18-15-11(2)7-8-17-12(15)3;/h5-6,9,11-12,15,17H,7-8H2,1-4H3,(H,18,19);1H. The van der Waals surface area contributed by atoms with E-state index in [1.54, 1.807) is 13.2 Å². The van der Waals surface area contributed by atoms with Gasteiger partial charge in [0.15, 0.2) is 0 Å². The molecule has 1 aliphatic rings. The van der Waals surface area contributed by atoms with Gasteiger partial charge in [0.25, 0.3) is 5.91 Å². The summed E-state index contributed by atoms with van der Waals surface area (Å²) in [6.45, 7) is 7.30. The number of hydrogen-bond acceptors (Lipinski definition) is 3. The minimum Gasteiger partial charge on any atom is -0.496 e. The molecule has 1 aromatic rings. The van der Waals surface area contributed by atoms with Gasteiger partial charge in [-0.3, -0.25) is 4.79 Å². The second-order valence-electron chi connectivity index (χ2n) is 5.69. The first-order chi connectivity index (χ1) is 9.52. The minimum absolute atomic E-state index is 0. The Bertz CT molecular complexity index is 483. The van der Waals surface area contributed by atoms with E-state index in [9.17, 15) is 4.79 Å². The Labute approximate surface area is 133 Å². The molecule has 0 saturated carbocycles. The summed E-state index contributed by atoms with van der Waals surface area (Å²) in [6.07, 6.45) is 1.09. The van der Waals surface area contributed by atoms with Gasteiger partial charge in [0, 0.05) is 17.6 Å². The van der Waals surface area contributed by atoms with Crippen LogP contribution in [0.5, 0.6) is 5.75 Å². The molecule has 1 fully saturated rings. The molecule has 5 heteroatoms. The van der Waals surface area contributed by atoms with Crippen LogP contribution >= 0.6 is 12.4 Å². The number of carbonyl (C=O) groups excluding carboxylic acids is 1. The highest BCUT2D eigenvalue weighted by molar-refractivity contribution is 5.95. The van der Waals surface area contributed by atoms with Crippen molar-refractivity contribution in [3.8, 4) is 5.75 Å². The summed E-state index contributed by atoms with van der Waals surface area (Å²) in [4.78, 5) is 12.4. The molecule has 1 heterocycles. The van der Waals surface area contributed by atoms with Crippen LogP contribution in [-0.4, -0.2) is 31.6 Å². The molecule has 0 radical (unpaired) electrons. The van der Waals surface area contributed by atoms with Crippen LogP contribution in [0.15, 0.2) is 18.2 Å². The van der Waals surface area contributed by atoms with Gasteiger partial charge in [0.2, 0.25) is 0 Å². The van der Waals surface area contributed by atoms with Gasteiger partial charge in [-0.05, 0) is 50.4 Å². The average Bonchev–Trinajstić information content (AvgIpc) is 2.43. The normalized spacial score (nSPS) is 24.9. The molecule has 0 bridgehead atoms. The quantitative estimate of drug-likeness (QED) is 0.902. The first kappa shape index (κ1) is 17.8. The molecule has 21 heavy (non-hydrogen) atoms. The van der Waals surface area contributed by atoms with Crippen molar-refractivity contribution in [2.75, 3.05) is 13.7 Å². The van der Waals surface area contributed by atoms with Crippen molar-refractivity contribution in [3.05, 3.63) is 29.3 Å². The Morgan fingerprint density at radius 2 is 2.10 bits per heavy atom. The SMILES string of the molecule is COc1cc(C(=O)NC2C(C)CCNC2C)ccc1C.Cl. The molecule has 1 aliphatic heterocycles. The third kappa shape index (κ3) is 4.11. The lowest BCUT2D eigenvalue weighted by atomic mass is 9.89. The Kier molecular flexibility index (Phi) is 6.49. The van der Waals surface area contributed by atoms with Gasteiger partial charge in [-0.2, -0.15) is 0 Å². The molecular formula is C16H25ClN2O2. The maximum Gasteiger partial charge on any atom is 0.251 e. The first-order valence-corrected chi connectivity index (χ1v) is 7.22. The Balaban J connectivity index is 0.00000220. The molecule has 2 N–H and O–H groups in total. The number of nitrogens with one attached hydrogen (secondary N) is 2. The molecule has 3 atom stereocenters. The number of piperidine rings is 1. The molecule has 118 valence electrons. The number of rotatable bonds is 3. The number of halogens is 1. The highest BCUT2D eigenvalue weighted by atomic mass is 35.5. The van der Waals surface area contributed by atoms with Crippen molar-refractivity contribution in [2.45, 2.75) is 39.3 Å². The molecule has 3 unspecified atom stereocenters. The summed E-state index contributed by atoms with van der Waals surface area (Å²) < 4.78 is 5.28. The van der Waals surface area contributed by atoms with Gasteiger partial charge in [-0.1, -0.05) is 13.0 Å². The third-order valence-electron chi connectivity index (χ3n) is 4.19. The predicted octanol–water partition coefficient (Wildman–Crippen LogP) is 2.54. The van der Waals surface area contributed by atoms with E-state index in [0.717, 1.165) is 24.3 Å². The van der Waals surface area contributed by atoms with E-state index >= 15 is 0 Å². The molecule has 0 aliphatic carbocycles. The van der Waals surface area contributed by atoms with Crippen LogP contribution in [0.1, 0.15) is 36.2 Å². The van der Waals surface area contributed by atoms with E-state index in [0.29, 0.717) is 17.5 Å². The van der Waals surface area contributed by atoms with Crippen molar-refractivity contribution in [1.29, 1.82) is 0 Å². The maximum absolute atomic E-state index is 12.4. The van der Waals surface area contributed by atoms with Gasteiger partial charge >= 0.3 is 0 Å². The molecule has 0 spiro atoms. The topological polar surface area (TPSA) is 50.4 Å². The van der Waals surface area contributed by atoms with Crippen LogP contribution in [0, 0.1) is 12.8 Å². The molecule has 1 amide bonds. The van der Waals surface area contributed by atoms with Crippen molar-refractivity contribution < 1.29 is 9.53 Å². The van der Waals surface area contributed by atoms with E-state index in [-0.39, 0.29) is 24.4 Å². The zero-order valence-corrected chi connectivity index (χ0v) is 13.9. The lowest BCUT2D eigenvalue weighted by Crippen LogP contribution is -2.55. The molecular weight excluding hydrogens is 288 g/mol. The summed E-state index contributed by atoms with van der Waals surface area (Å²) in [5.74, 6) is 1.21. The van der Waals surface area contributed by atoms with E-state index in [4.69, 9.17) is 4.74 Å². The fraction of sp³-hybridized carbons (Fsp3) is 0.562. The summed E-state index contributed by atoms with van der Waals surface area (Å²) in [5, 5.41) is 6.56. The maximum atomic E-state index is 12.4. The predicted molar refractivity (Wildman–Crippen MR) is 87.5 cm³/mol. The van der Waals surface area contributed by atoms with E-state index < -0.39 is 0 Å². The Morgan fingerprint density at radius 1 is 1.38 bits per heavy atom. The van der Waals surface area contributed by atoms with Crippen LogP contribution in [0.4, 0.5) is 0 Å². The molecule has 4 nitrogen and oxygen atoms in total. The first-order valence-electron chi connectivity index (χ1n) is 7.22. The smallest absolute Gasteiger partial charge is 0.251 e. The minimum atomic E-state index is -0.0318. The fourth-order valence-corrected chi connectivity index (χ4v) is 2.80. The average molecular weight is 313 g/mol. The van der Waals surface area contributed by atoms with Crippen molar-refractivity contribution in [3.63, 3.8) is 0 Å². The number of hydrogen-bond donors (Lipinski definition) is 2. The van der Waals surface area contributed by atoms with Crippen molar-refractivity contribution in [2.24, 2.45) is 5.92 Å². The number of benzene rings is 1. The second-order valence-corrected chi connectivity index (χ2v) is 5.69. The summed E-state index contributed by atoms with van der Waals surface area (Å²) in [6, 6.07) is 6.04. The van der Waals surface area contributed by atoms with Crippen LogP contribution in [0.3, 0.4) is 0 Å². The van der Waals surface area contributed by atoms with Gasteiger partial charge in [-0.15, -0.1) is 12.4 Å². The number of methoxy groups -OCH3 is 1. The molecule has 1 aromatic carbocycles. The van der Waals surface area contributed by atoms with Crippen LogP contribution in [0.2, 0.25) is 0 Å². The highest BCUT2D eigenvalue weighted by Gasteiger charge is 2.28. The Morgan fingerprint density at radius 3 is 2.71 bits per heavy atom. The molecule has 0 aromatic heterocycles. The van der Waals surface area contributed by atoms with Crippen molar-refractivity contribution >= 4 is 18.3 Å². The molecule has 2 rings (SSSR count). The lowest BCUT2D eigenvalue weighted by molar-refractivity contribution is 0.0897. The lowest BCUT2D eigenvalue weighted by Gasteiger charge is -2.36. The monoisotopic (exact) mass is 312 g/mol. The number of carbonyl (C=O) groups is 1. The van der Waals surface area contributed by atoms with Crippen molar-refractivity contribution in [1.82, 2.24) is 10.6 Å². The number of amides is 1. The summed E-state index contributed by atoms with van der Waals surface area (Å²) >= 11 is 0. The van der Waals surface area contributed by atoms with Crippen LogP contribution in [-0.2, 0) is 0 Å². The Hall–Kier alpha value is -1.26. The highest BCUT2D eigenvalue weighted by Crippen LogP contribution is 2.20. The van der Waals surface area contributed by atoms with E-state index in [1.807, 2.05) is 19.1 Å². The van der Waals surface area contributed by atoms with Gasteiger partial charge in [0.05, 0.1) is 7.11 Å². The van der Waals surface area contributed by atoms with Gasteiger partial charge in [0.1, 0.15) is 5.75 Å². The largest absolute Gasteiger partial charge is 0.496 e. The molecule has 1 saturated heterocycles. The van der Waals surface area contributed by atoms with Gasteiger partial charge < -0.3 is 15.4 Å². The fourth-order valence-electron chi connectivity index (χ4n) is 2.80. The van der Waals surface area contributed by atoms with Crippen LogP contribution < -0.4 is 15.4 Å². The number of ether oxygens (including phenoxy) is 1. The van der Waals surface area contributed by atoms with E-state index in [2.05, 4.69) is 24.5 Å². The zero-order valence-electron chi connectivity index (χ0n) is 13.1. The van der Waals surface area contributed by atoms with Gasteiger partial charge in [-0.25, -0.2) is 0 Å². The third-order valence-corrected chi connectivity index (χ3v) is 4.19. The second kappa shape index (κ2) is 7.66. The number of aryl methyl sites for hydroxylation is 1. The van der Waals surface area contributed by atoms with E-state index in [1.165, 1.54) is 0 Å².